The summed E-state index contributed by atoms with van der Waals surface area (Å²) in [5.74, 6) is 0. The predicted molar refractivity (Wildman–Crippen MR) is 40.9 cm³/mol. The molecule has 0 aliphatic carbocycles. The molecule has 0 fully saturated rings. The van der Waals surface area contributed by atoms with Crippen molar-refractivity contribution in [1.29, 1.82) is 0 Å². The van der Waals surface area contributed by atoms with Crippen molar-refractivity contribution in [3.8, 4) is 0 Å². The van der Waals surface area contributed by atoms with Gasteiger partial charge in [-0.25, -0.2) is 0 Å². The third-order valence-electron chi connectivity index (χ3n) is 1.26. The Morgan fingerprint density at radius 1 is 1.33 bits per heavy atom. The topological polar surface area (TPSA) is 122 Å². The summed E-state index contributed by atoms with van der Waals surface area (Å²) in [5, 5.41) is 20.9. The van der Waals surface area contributed by atoms with Crippen LogP contribution in [0, 0.1) is 15.3 Å². The van der Waals surface area contributed by atoms with Gasteiger partial charge in [-0.15, -0.1) is 0 Å². The standard InChI is InChI=1S/C5H6N4O3/c6-3-1-8(10)2-4(7)5(3)9(11)12/h1-2H,6-7H2. The third-order valence-corrected chi connectivity index (χ3v) is 1.26. The van der Waals surface area contributed by atoms with Crippen LogP contribution in [-0.2, 0) is 0 Å². The summed E-state index contributed by atoms with van der Waals surface area (Å²) >= 11 is 0. The highest BCUT2D eigenvalue weighted by Gasteiger charge is 2.19. The Morgan fingerprint density at radius 3 is 2.08 bits per heavy atom. The maximum absolute atomic E-state index is 10.6. The highest BCUT2D eigenvalue weighted by Crippen LogP contribution is 2.25. The summed E-state index contributed by atoms with van der Waals surface area (Å²) in [6.45, 7) is 0. The fraction of sp³-hybridized carbons (Fsp3) is 0. The molecule has 0 aliphatic heterocycles. The van der Waals surface area contributed by atoms with E-state index in [1.165, 1.54) is 0 Å². The van der Waals surface area contributed by atoms with Crippen LogP contribution in [0.3, 0.4) is 0 Å². The van der Waals surface area contributed by atoms with Gasteiger partial charge in [0, 0.05) is 0 Å². The van der Waals surface area contributed by atoms with Gasteiger partial charge in [0.05, 0.1) is 4.92 Å². The minimum absolute atomic E-state index is 0.241. The molecular weight excluding hydrogens is 164 g/mol. The summed E-state index contributed by atoms with van der Waals surface area (Å²) in [7, 11) is 0. The van der Waals surface area contributed by atoms with Gasteiger partial charge in [0.2, 0.25) is 12.4 Å². The van der Waals surface area contributed by atoms with Crippen LogP contribution in [0.1, 0.15) is 0 Å². The second-order valence-corrected chi connectivity index (χ2v) is 2.13. The van der Waals surface area contributed by atoms with Gasteiger partial charge in [-0.2, -0.15) is 4.73 Å². The van der Waals surface area contributed by atoms with E-state index in [-0.39, 0.29) is 11.4 Å². The number of nitro groups is 1. The molecule has 0 saturated heterocycles. The van der Waals surface area contributed by atoms with Crippen LogP contribution in [-0.4, -0.2) is 4.92 Å². The summed E-state index contributed by atoms with van der Waals surface area (Å²) in [4.78, 5) is 9.56. The number of aromatic nitrogens is 1. The predicted octanol–water partition coefficient (Wildman–Crippen LogP) is -0.607. The molecule has 1 heterocycles. The van der Waals surface area contributed by atoms with E-state index in [1.807, 2.05) is 0 Å². The van der Waals surface area contributed by atoms with Gasteiger partial charge in [0.1, 0.15) is 0 Å². The van der Waals surface area contributed by atoms with Crippen LogP contribution in [0.15, 0.2) is 12.4 Å². The summed E-state index contributed by atoms with van der Waals surface area (Å²) in [6.07, 6.45) is 1.77. The first kappa shape index (κ1) is 8.05. The average molecular weight is 170 g/mol. The summed E-state index contributed by atoms with van der Waals surface area (Å²) in [6, 6.07) is 0. The van der Waals surface area contributed by atoms with E-state index in [2.05, 4.69) is 0 Å². The molecule has 7 heteroatoms. The molecule has 12 heavy (non-hydrogen) atoms. The van der Waals surface area contributed by atoms with Gasteiger partial charge in [0.15, 0.2) is 11.4 Å². The first-order valence-corrected chi connectivity index (χ1v) is 2.94. The van der Waals surface area contributed by atoms with Crippen molar-refractivity contribution < 1.29 is 9.65 Å². The number of anilines is 2. The molecule has 1 aromatic rings. The Labute approximate surface area is 66.9 Å². The first-order chi connectivity index (χ1) is 5.52. The molecule has 0 radical (unpaired) electrons. The van der Waals surface area contributed by atoms with Crippen molar-refractivity contribution in [2.24, 2.45) is 0 Å². The molecule has 1 aromatic heterocycles. The molecule has 0 saturated carbocycles. The van der Waals surface area contributed by atoms with Gasteiger partial charge in [-0.05, 0) is 0 Å². The SMILES string of the molecule is Nc1c[n+]([O-])cc(N)c1[N+](=O)[O-]. The van der Waals surface area contributed by atoms with Crippen molar-refractivity contribution in [3.63, 3.8) is 0 Å². The second-order valence-electron chi connectivity index (χ2n) is 2.13. The second kappa shape index (κ2) is 2.53. The minimum Gasteiger partial charge on any atom is -0.619 e. The van der Waals surface area contributed by atoms with Crippen molar-refractivity contribution >= 4 is 17.1 Å². The Kier molecular flexibility index (Phi) is 1.70. The molecule has 7 nitrogen and oxygen atoms in total. The normalized spacial score (nSPS) is 9.67. The summed E-state index contributed by atoms with van der Waals surface area (Å²) < 4.78 is 0.317. The quantitative estimate of drug-likeness (QED) is 0.252. The van der Waals surface area contributed by atoms with Crippen molar-refractivity contribution in [1.82, 2.24) is 0 Å². The van der Waals surface area contributed by atoms with Crippen molar-refractivity contribution in [2.45, 2.75) is 0 Å². The van der Waals surface area contributed by atoms with Gasteiger partial charge in [-0.3, -0.25) is 10.1 Å². The van der Waals surface area contributed by atoms with Crippen LogP contribution in [0.5, 0.6) is 0 Å². The lowest BCUT2D eigenvalue weighted by atomic mass is 10.3. The number of nitrogens with two attached hydrogens (primary N) is 2. The van der Waals surface area contributed by atoms with E-state index in [0.29, 0.717) is 4.73 Å². The zero-order valence-electron chi connectivity index (χ0n) is 5.93. The highest BCUT2D eigenvalue weighted by molar-refractivity contribution is 5.69. The fourth-order valence-corrected chi connectivity index (χ4v) is 0.811. The largest absolute Gasteiger partial charge is 0.619 e. The van der Waals surface area contributed by atoms with E-state index in [0.717, 1.165) is 12.4 Å². The zero-order valence-corrected chi connectivity index (χ0v) is 5.93. The van der Waals surface area contributed by atoms with E-state index >= 15 is 0 Å². The van der Waals surface area contributed by atoms with Crippen LogP contribution in [0.25, 0.3) is 0 Å². The van der Waals surface area contributed by atoms with Gasteiger partial charge < -0.3 is 16.7 Å². The molecule has 0 aliphatic rings. The van der Waals surface area contributed by atoms with Crippen LogP contribution in [0.4, 0.5) is 17.1 Å². The molecule has 0 spiro atoms. The number of rotatable bonds is 1. The molecule has 0 bridgehead atoms. The Bertz CT molecular complexity index is 314. The Hall–Kier alpha value is -2.05. The first-order valence-electron chi connectivity index (χ1n) is 2.94. The molecule has 4 N–H and O–H groups in total. The van der Waals surface area contributed by atoms with E-state index in [9.17, 15) is 15.3 Å². The molecule has 0 amide bonds. The maximum Gasteiger partial charge on any atom is 0.327 e. The highest BCUT2D eigenvalue weighted by atomic mass is 16.6. The van der Waals surface area contributed by atoms with Crippen LogP contribution in [0.2, 0.25) is 0 Å². The van der Waals surface area contributed by atoms with Crippen molar-refractivity contribution in [3.05, 3.63) is 27.7 Å². The molecule has 0 aromatic carbocycles. The Morgan fingerprint density at radius 2 is 1.75 bits per heavy atom. The van der Waals surface area contributed by atoms with Crippen LogP contribution >= 0.6 is 0 Å². The lowest BCUT2D eigenvalue weighted by Gasteiger charge is -2.00. The van der Waals surface area contributed by atoms with Crippen LogP contribution < -0.4 is 16.2 Å². The maximum atomic E-state index is 10.6. The molecule has 0 atom stereocenters. The van der Waals surface area contributed by atoms with E-state index in [4.69, 9.17) is 11.5 Å². The number of hydrogen-bond acceptors (Lipinski definition) is 5. The van der Waals surface area contributed by atoms with Gasteiger partial charge in [-0.1, -0.05) is 0 Å². The molecule has 0 unspecified atom stereocenters. The number of pyridine rings is 1. The van der Waals surface area contributed by atoms with E-state index in [1.54, 1.807) is 0 Å². The lowest BCUT2D eigenvalue weighted by Crippen LogP contribution is -2.26. The lowest BCUT2D eigenvalue weighted by molar-refractivity contribution is -0.604. The number of hydrogen-bond donors (Lipinski definition) is 2. The fourth-order valence-electron chi connectivity index (χ4n) is 0.811. The summed E-state index contributed by atoms with van der Waals surface area (Å²) in [5.41, 5.74) is 9.45. The molecule has 1 rings (SSSR count). The van der Waals surface area contributed by atoms with E-state index < -0.39 is 10.6 Å². The zero-order chi connectivity index (χ0) is 9.30. The monoisotopic (exact) mass is 170 g/mol. The minimum atomic E-state index is -0.731. The molecule has 64 valence electrons. The third kappa shape index (κ3) is 1.19. The van der Waals surface area contributed by atoms with Gasteiger partial charge in [0.25, 0.3) is 0 Å². The number of nitrogen functional groups attached to an aromatic ring is 2. The van der Waals surface area contributed by atoms with Crippen molar-refractivity contribution in [2.75, 3.05) is 11.5 Å². The smallest absolute Gasteiger partial charge is 0.327 e. The number of nitrogens with zero attached hydrogens (tertiary/aromatic N) is 2. The Balaban J connectivity index is 3.38. The molecular formula is C5H6N4O3. The van der Waals surface area contributed by atoms with Gasteiger partial charge >= 0.3 is 5.69 Å². The average Bonchev–Trinajstić information content (AvgIpc) is 1.82.